The van der Waals surface area contributed by atoms with Crippen molar-refractivity contribution in [3.8, 4) is 11.3 Å². The van der Waals surface area contributed by atoms with Crippen LogP contribution in [0.2, 0.25) is 0 Å². The molecule has 2 aromatic carbocycles. The van der Waals surface area contributed by atoms with E-state index in [0.29, 0.717) is 6.42 Å². The summed E-state index contributed by atoms with van der Waals surface area (Å²) >= 11 is 0. The van der Waals surface area contributed by atoms with Crippen LogP contribution < -0.4 is 0 Å². The van der Waals surface area contributed by atoms with Crippen molar-refractivity contribution in [3.05, 3.63) is 73.8 Å². The summed E-state index contributed by atoms with van der Waals surface area (Å²) in [7, 11) is 0. The molecule has 0 bridgehead atoms. The molecule has 117 valence electrons. The van der Waals surface area contributed by atoms with Gasteiger partial charge in [0, 0.05) is 32.4 Å². The van der Waals surface area contributed by atoms with Gasteiger partial charge in [0.25, 0.3) is 0 Å². The third kappa shape index (κ3) is 5.34. The van der Waals surface area contributed by atoms with Gasteiger partial charge >= 0.3 is 0 Å². The topological polar surface area (TPSA) is 33.1 Å². The molecule has 1 atom stereocenters. The molecule has 0 spiro atoms. The first-order chi connectivity index (χ1) is 10.2. The van der Waals surface area contributed by atoms with E-state index in [1.807, 2.05) is 42.6 Å². The second kappa shape index (κ2) is 9.47. The van der Waals surface area contributed by atoms with Gasteiger partial charge in [-0.2, -0.15) is 6.42 Å². The van der Waals surface area contributed by atoms with Gasteiger partial charge in [-0.05, 0) is 23.4 Å². The van der Waals surface area contributed by atoms with Crippen LogP contribution in [0.15, 0.2) is 60.8 Å². The van der Waals surface area contributed by atoms with E-state index in [4.69, 9.17) is 5.11 Å². The molecule has 1 heterocycles. The summed E-state index contributed by atoms with van der Waals surface area (Å²) in [4.78, 5) is 4.45. The zero-order valence-corrected chi connectivity index (χ0v) is 14.9. The summed E-state index contributed by atoms with van der Waals surface area (Å²) in [5.74, 6) is 0. The third-order valence-corrected chi connectivity index (χ3v) is 3.03. The van der Waals surface area contributed by atoms with Crippen LogP contribution in [-0.2, 0) is 20.1 Å². The molecule has 0 aliphatic rings. The Labute approximate surface area is 145 Å². The van der Waals surface area contributed by atoms with Gasteiger partial charge in [0.05, 0.1) is 0 Å². The van der Waals surface area contributed by atoms with Crippen LogP contribution in [0.1, 0.15) is 13.3 Å². The maximum atomic E-state index is 8.30. The van der Waals surface area contributed by atoms with E-state index in [1.165, 1.54) is 10.8 Å². The van der Waals surface area contributed by atoms with E-state index in [9.17, 15) is 0 Å². The number of aliphatic hydroxyl groups excluding tert-OH is 1. The predicted molar refractivity (Wildman–Crippen MR) is 87.7 cm³/mol. The van der Waals surface area contributed by atoms with Crippen molar-refractivity contribution in [2.24, 2.45) is 0 Å². The molecule has 0 aliphatic heterocycles. The zero-order chi connectivity index (χ0) is 15.1. The van der Waals surface area contributed by atoms with Crippen molar-refractivity contribution in [3.63, 3.8) is 0 Å². The molecule has 0 saturated carbocycles. The number of nitrogens with zero attached hydrogens (tertiary/aromatic N) is 1. The molecule has 1 radical (unpaired) electrons. The zero-order valence-electron chi connectivity index (χ0n) is 12.5. The molecular weight excluding hydrogens is 450 g/mol. The van der Waals surface area contributed by atoms with Crippen molar-refractivity contribution in [1.82, 2.24) is 4.98 Å². The molecule has 3 rings (SSSR count). The Morgan fingerprint density at radius 1 is 1.14 bits per heavy atom. The SMILES string of the molecule is [CH2-]CC(C)O.[Ir].[c-]1ccccc1-c1cc2ccccc2cn1. The Bertz CT molecular complexity index is 683. The first-order valence-electron chi connectivity index (χ1n) is 7.00. The third-order valence-electron chi connectivity index (χ3n) is 3.03. The van der Waals surface area contributed by atoms with Gasteiger partial charge in [-0.3, -0.25) is 0 Å². The molecule has 1 unspecified atom stereocenters. The van der Waals surface area contributed by atoms with Gasteiger partial charge in [-0.25, -0.2) is 0 Å². The molecule has 0 fully saturated rings. The van der Waals surface area contributed by atoms with E-state index < -0.39 is 0 Å². The van der Waals surface area contributed by atoms with Crippen LogP contribution in [-0.4, -0.2) is 16.2 Å². The van der Waals surface area contributed by atoms with Gasteiger partial charge < -0.3 is 17.0 Å². The van der Waals surface area contributed by atoms with Crippen LogP contribution in [0.3, 0.4) is 0 Å². The van der Waals surface area contributed by atoms with Crippen LogP contribution in [0, 0.1) is 13.0 Å². The van der Waals surface area contributed by atoms with E-state index in [1.54, 1.807) is 6.92 Å². The van der Waals surface area contributed by atoms with Crippen molar-refractivity contribution >= 4 is 10.8 Å². The summed E-state index contributed by atoms with van der Waals surface area (Å²) < 4.78 is 0. The number of pyridine rings is 1. The molecule has 1 N–H and O–H groups in total. The Kier molecular flexibility index (Phi) is 7.97. The summed E-state index contributed by atoms with van der Waals surface area (Å²) in [6.45, 7) is 5.15. The Balaban J connectivity index is 0.000000356. The Morgan fingerprint density at radius 3 is 2.36 bits per heavy atom. The predicted octanol–water partition coefficient (Wildman–Crippen LogP) is 4.29. The Hall–Kier alpha value is -1.54. The smallest absolute Gasteiger partial charge is 0.0241 e. The fourth-order valence-corrected chi connectivity index (χ4v) is 1.78. The molecule has 1 aromatic heterocycles. The van der Waals surface area contributed by atoms with Gasteiger partial charge in [-0.15, -0.1) is 35.9 Å². The van der Waals surface area contributed by atoms with Crippen LogP contribution in [0.5, 0.6) is 0 Å². The molecule has 2 nitrogen and oxygen atoms in total. The van der Waals surface area contributed by atoms with Gasteiger partial charge in [0.2, 0.25) is 0 Å². The van der Waals surface area contributed by atoms with Crippen LogP contribution in [0.25, 0.3) is 22.0 Å². The number of hydrogen-bond acceptors (Lipinski definition) is 2. The largest absolute Gasteiger partial charge is 0.396 e. The molecule has 0 saturated heterocycles. The second-order valence-corrected chi connectivity index (χ2v) is 4.83. The molecule has 0 amide bonds. The Morgan fingerprint density at radius 2 is 1.77 bits per heavy atom. The number of fused-ring (bicyclic) bond motifs is 1. The fourth-order valence-electron chi connectivity index (χ4n) is 1.78. The minimum absolute atomic E-state index is 0. The summed E-state index contributed by atoms with van der Waals surface area (Å²) in [6.07, 6.45) is 2.29. The first-order valence-corrected chi connectivity index (χ1v) is 7.00. The number of aromatic nitrogens is 1. The average Bonchev–Trinajstić information content (AvgIpc) is 2.56. The van der Waals surface area contributed by atoms with Gasteiger partial charge in [0.1, 0.15) is 0 Å². The maximum Gasteiger partial charge on any atom is 0.0241 e. The molecule has 22 heavy (non-hydrogen) atoms. The van der Waals surface area contributed by atoms with Crippen molar-refractivity contribution < 1.29 is 25.2 Å². The molecule has 0 aliphatic carbocycles. The van der Waals surface area contributed by atoms with Crippen molar-refractivity contribution in [2.45, 2.75) is 19.4 Å². The van der Waals surface area contributed by atoms with Gasteiger partial charge in [0.15, 0.2) is 0 Å². The van der Waals surface area contributed by atoms with Crippen molar-refractivity contribution in [2.75, 3.05) is 0 Å². The van der Waals surface area contributed by atoms with E-state index in [0.717, 1.165) is 11.3 Å². The summed E-state index contributed by atoms with van der Waals surface area (Å²) in [5, 5.41) is 10.7. The van der Waals surface area contributed by atoms with E-state index in [-0.39, 0.29) is 26.2 Å². The minimum Gasteiger partial charge on any atom is -0.396 e. The monoisotopic (exact) mass is 470 g/mol. The van der Waals surface area contributed by atoms with Crippen molar-refractivity contribution in [1.29, 1.82) is 0 Å². The molecule has 3 heteroatoms. The second-order valence-electron chi connectivity index (χ2n) is 4.83. The number of aliphatic hydroxyl groups is 1. The molecule has 3 aromatic rings. The van der Waals surface area contributed by atoms with Crippen LogP contribution in [0.4, 0.5) is 0 Å². The summed E-state index contributed by atoms with van der Waals surface area (Å²) in [6, 6.07) is 21.4. The summed E-state index contributed by atoms with van der Waals surface area (Å²) in [5.41, 5.74) is 2.01. The van der Waals surface area contributed by atoms with E-state index in [2.05, 4.69) is 36.2 Å². The molecular formula is C19H19IrNO-2. The quantitative estimate of drug-likeness (QED) is 0.568. The normalized spacial score (nSPS) is 11.0. The minimum atomic E-state index is -0.227. The average molecular weight is 470 g/mol. The first kappa shape index (κ1) is 18.5. The van der Waals surface area contributed by atoms with E-state index >= 15 is 0 Å². The number of rotatable bonds is 2. The maximum absolute atomic E-state index is 8.30. The number of benzene rings is 2. The standard InChI is InChI=1S/C15H10N.C4H9O.Ir/c1-2-6-12(7-3-1)15-10-13-8-4-5-9-14(13)11-16-15;1-3-4(2)5;/h1-6,8-11H;4-5H,1,3H2,2H3;/q2*-1;. The van der Waals surface area contributed by atoms with Crippen LogP contribution >= 0.6 is 0 Å². The number of hydrogen-bond donors (Lipinski definition) is 1. The fraction of sp³-hybridized carbons (Fsp3) is 0.158. The van der Waals surface area contributed by atoms with Gasteiger partial charge in [-0.1, -0.05) is 30.3 Å².